The Morgan fingerprint density at radius 3 is 2.39 bits per heavy atom. The molecule has 0 saturated carbocycles. The summed E-state index contributed by atoms with van der Waals surface area (Å²) in [4.78, 5) is 40.7. The maximum Gasteiger partial charge on any atom is 0.340 e. The Bertz CT molecular complexity index is 864. The standard InChI is InChI=1S/C20H25N3O4S/c1-14-11-18(15(2)23(14)12-17-5-4-10-28-17)20(26)27-13-19(25)22-8-6-21(7-9-22)16(3)24/h4-5,10-11H,6-9,12-13H2,1-3H3. The predicted octanol–water partition coefficient (Wildman–Crippen LogP) is 2.06. The zero-order chi connectivity index (χ0) is 20.3. The van der Waals surface area contributed by atoms with Crippen molar-refractivity contribution in [2.24, 2.45) is 0 Å². The maximum absolute atomic E-state index is 12.5. The highest BCUT2D eigenvalue weighted by atomic mass is 32.1. The molecule has 2 aromatic rings. The molecule has 1 aliphatic rings. The molecule has 0 unspecified atom stereocenters. The summed E-state index contributed by atoms with van der Waals surface area (Å²) in [5, 5.41) is 2.03. The van der Waals surface area contributed by atoms with E-state index >= 15 is 0 Å². The lowest BCUT2D eigenvalue weighted by molar-refractivity contribution is -0.140. The fourth-order valence-electron chi connectivity index (χ4n) is 3.38. The van der Waals surface area contributed by atoms with Gasteiger partial charge in [-0.3, -0.25) is 9.59 Å². The van der Waals surface area contributed by atoms with Crippen molar-refractivity contribution in [1.29, 1.82) is 0 Å². The third-order valence-corrected chi connectivity index (χ3v) is 5.95. The van der Waals surface area contributed by atoms with Crippen molar-refractivity contribution >= 4 is 29.1 Å². The van der Waals surface area contributed by atoms with E-state index in [1.807, 2.05) is 25.3 Å². The number of esters is 1. The maximum atomic E-state index is 12.5. The van der Waals surface area contributed by atoms with Crippen molar-refractivity contribution < 1.29 is 19.1 Å². The van der Waals surface area contributed by atoms with Crippen LogP contribution in [0.1, 0.15) is 33.5 Å². The van der Waals surface area contributed by atoms with E-state index in [1.165, 1.54) is 11.8 Å². The summed E-state index contributed by atoms with van der Waals surface area (Å²) in [6, 6.07) is 5.87. The molecule has 1 saturated heterocycles. The van der Waals surface area contributed by atoms with Crippen LogP contribution in [0.2, 0.25) is 0 Å². The van der Waals surface area contributed by atoms with E-state index in [0.29, 0.717) is 38.3 Å². The summed E-state index contributed by atoms with van der Waals surface area (Å²) < 4.78 is 7.35. The van der Waals surface area contributed by atoms with E-state index in [2.05, 4.69) is 10.6 Å². The number of carbonyl (C=O) groups is 3. The number of hydrogen-bond donors (Lipinski definition) is 0. The molecular weight excluding hydrogens is 378 g/mol. The fraction of sp³-hybridized carbons (Fsp3) is 0.450. The first-order valence-electron chi connectivity index (χ1n) is 9.26. The van der Waals surface area contributed by atoms with Gasteiger partial charge in [0.25, 0.3) is 5.91 Å². The van der Waals surface area contributed by atoms with Crippen LogP contribution in [0.5, 0.6) is 0 Å². The minimum absolute atomic E-state index is 0.0106. The highest BCUT2D eigenvalue weighted by Crippen LogP contribution is 2.20. The molecule has 0 atom stereocenters. The van der Waals surface area contributed by atoms with Crippen LogP contribution in [0.25, 0.3) is 0 Å². The third kappa shape index (κ3) is 4.44. The monoisotopic (exact) mass is 403 g/mol. The van der Waals surface area contributed by atoms with Gasteiger partial charge in [-0.05, 0) is 31.4 Å². The van der Waals surface area contributed by atoms with E-state index in [9.17, 15) is 14.4 Å². The molecule has 150 valence electrons. The Hall–Kier alpha value is -2.61. The fourth-order valence-corrected chi connectivity index (χ4v) is 4.07. The number of aromatic nitrogens is 1. The van der Waals surface area contributed by atoms with E-state index in [-0.39, 0.29) is 18.4 Å². The summed E-state index contributed by atoms with van der Waals surface area (Å²) in [6.07, 6.45) is 0. The molecule has 0 aliphatic carbocycles. The quantitative estimate of drug-likeness (QED) is 0.717. The molecule has 0 bridgehead atoms. The van der Waals surface area contributed by atoms with Crippen LogP contribution in [0.4, 0.5) is 0 Å². The largest absolute Gasteiger partial charge is 0.452 e. The van der Waals surface area contributed by atoms with Crippen LogP contribution in [-0.2, 0) is 20.9 Å². The summed E-state index contributed by atoms with van der Waals surface area (Å²) in [5.41, 5.74) is 2.30. The zero-order valence-corrected chi connectivity index (χ0v) is 17.3. The number of hydrogen-bond acceptors (Lipinski definition) is 5. The molecule has 0 N–H and O–H groups in total. The van der Waals surface area contributed by atoms with Gasteiger partial charge in [-0.15, -0.1) is 11.3 Å². The summed E-state index contributed by atoms with van der Waals surface area (Å²) >= 11 is 1.67. The number of nitrogens with zero attached hydrogens (tertiary/aromatic N) is 3. The Kier molecular flexibility index (Phi) is 6.18. The molecule has 28 heavy (non-hydrogen) atoms. The molecule has 1 aliphatic heterocycles. The molecule has 1 fully saturated rings. The molecule has 0 radical (unpaired) electrons. The molecule has 2 aromatic heterocycles. The van der Waals surface area contributed by atoms with Gasteiger partial charge in [0.2, 0.25) is 5.91 Å². The molecule has 8 heteroatoms. The van der Waals surface area contributed by atoms with E-state index < -0.39 is 5.97 Å². The Balaban J connectivity index is 1.56. The van der Waals surface area contributed by atoms with Crippen molar-refractivity contribution in [3.8, 4) is 0 Å². The van der Waals surface area contributed by atoms with Gasteiger partial charge in [0, 0.05) is 49.4 Å². The highest BCUT2D eigenvalue weighted by molar-refractivity contribution is 7.09. The average molecular weight is 404 g/mol. The number of rotatable bonds is 5. The first-order chi connectivity index (χ1) is 13.4. The predicted molar refractivity (Wildman–Crippen MR) is 106 cm³/mol. The topological polar surface area (TPSA) is 71.9 Å². The molecule has 7 nitrogen and oxygen atoms in total. The molecule has 3 heterocycles. The third-order valence-electron chi connectivity index (χ3n) is 5.09. The van der Waals surface area contributed by atoms with E-state index in [1.54, 1.807) is 27.2 Å². The van der Waals surface area contributed by atoms with Crippen molar-refractivity contribution in [1.82, 2.24) is 14.4 Å². The van der Waals surface area contributed by atoms with Gasteiger partial charge >= 0.3 is 5.97 Å². The van der Waals surface area contributed by atoms with Crippen LogP contribution >= 0.6 is 11.3 Å². The first kappa shape index (κ1) is 20.1. The van der Waals surface area contributed by atoms with Gasteiger partial charge in [-0.2, -0.15) is 0 Å². The minimum atomic E-state index is -0.485. The van der Waals surface area contributed by atoms with E-state index in [0.717, 1.165) is 11.4 Å². The molecule has 3 rings (SSSR count). The molecular formula is C20H25N3O4S. The second-order valence-corrected chi connectivity index (χ2v) is 7.95. The number of carbonyl (C=O) groups excluding carboxylic acids is 3. The van der Waals surface area contributed by atoms with Crippen LogP contribution in [0.15, 0.2) is 23.6 Å². The smallest absolute Gasteiger partial charge is 0.340 e. The normalized spacial score (nSPS) is 14.2. The van der Waals surface area contributed by atoms with Gasteiger partial charge in [0.05, 0.1) is 12.1 Å². The van der Waals surface area contributed by atoms with Gasteiger partial charge < -0.3 is 19.1 Å². The van der Waals surface area contributed by atoms with Crippen molar-refractivity contribution in [3.63, 3.8) is 0 Å². The number of thiophene rings is 1. The SMILES string of the molecule is CC(=O)N1CCN(C(=O)COC(=O)c2cc(C)n(Cc3cccs3)c2C)CC1. The Labute approximate surface area is 168 Å². The molecule has 0 aromatic carbocycles. The second kappa shape index (κ2) is 8.60. The number of ether oxygens (including phenoxy) is 1. The Morgan fingerprint density at radius 2 is 1.79 bits per heavy atom. The lowest BCUT2D eigenvalue weighted by Gasteiger charge is -2.34. The lowest BCUT2D eigenvalue weighted by atomic mass is 10.2. The van der Waals surface area contributed by atoms with Crippen LogP contribution in [0, 0.1) is 13.8 Å². The van der Waals surface area contributed by atoms with Crippen LogP contribution in [0.3, 0.4) is 0 Å². The average Bonchev–Trinajstić information content (AvgIpc) is 3.29. The summed E-state index contributed by atoms with van der Waals surface area (Å²) in [7, 11) is 0. The summed E-state index contributed by atoms with van der Waals surface area (Å²) in [6.45, 7) is 7.75. The van der Waals surface area contributed by atoms with Crippen molar-refractivity contribution in [3.05, 3.63) is 45.4 Å². The van der Waals surface area contributed by atoms with Crippen LogP contribution < -0.4 is 0 Å². The van der Waals surface area contributed by atoms with Crippen LogP contribution in [-0.4, -0.2) is 64.9 Å². The van der Waals surface area contributed by atoms with Crippen molar-refractivity contribution in [2.45, 2.75) is 27.3 Å². The van der Waals surface area contributed by atoms with E-state index in [4.69, 9.17) is 4.74 Å². The number of piperazine rings is 1. The van der Waals surface area contributed by atoms with Gasteiger partial charge in [0.15, 0.2) is 6.61 Å². The van der Waals surface area contributed by atoms with Crippen molar-refractivity contribution in [2.75, 3.05) is 32.8 Å². The van der Waals surface area contributed by atoms with Gasteiger partial charge in [-0.25, -0.2) is 4.79 Å². The number of amides is 2. The first-order valence-corrected chi connectivity index (χ1v) is 10.1. The number of aryl methyl sites for hydroxylation is 1. The molecule has 2 amide bonds. The highest BCUT2D eigenvalue weighted by Gasteiger charge is 2.24. The van der Waals surface area contributed by atoms with Gasteiger partial charge in [0.1, 0.15) is 0 Å². The summed E-state index contributed by atoms with van der Waals surface area (Å²) in [5.74, 6) is -0.707. The van der Waals surface area contributed by atoms with Gasteiger partial charge in [-0.1, -0.05) is 6.07 Å². The lowest BCUT2D eigenvalue weighted by Crippen LogP contribution is -2.51. The Morgan fingerprint density at radius 1 is 1.11 bits per heavy atom. The minimum Gasteiger partial charge on any atom is -0.452 e. The zero-order valence-electron chi connectivity index (χ0n) is 16.4. The molecule has 0 spiro atoms. The second-order valence-electron chi connectivity index (χ2n) is 6.91.